The van der Waals surface area contributed by atoms with Crippen LogP contribution >= 0.6 is 35.3 Å². The van der Waals surface area contributed by atoms with Crippen molar-refractivity contribution in [2.45, 2.75) is 33.1 Å². The summed E-state index contributed by atoms with van der Waals surface area (Å²) >= 11 is 1.70. The third kappa shape index (κ3) is 9.76. The first-order valence-electron chi connectivity index (χ1n) is 8.37. The maximum atomic E-state index is 11.6. The van der Waals surface area contributed by atoms with E-state index in [1.54, 1.807) is 11.3 Å². The largest absolute Gasteiger partial charge is 0.357 e. The second kappa shape index (κ2) is 12.9. The van der Waals surface area contributed by atoms with Gasteiger partial charge in [-0.25, -0.2) is 12.7 Å². The molecule has 1 atom stereocenters. The summed E-state index contributed by atoms with van der Waals surface area (Å²) in [5, 5.41) is 10.7. The van der Waals surface area contributed by atoms with Crippen molar-refractivity contribution in [1.29, 1.82) is 0 Å². The van der Waals surface area contributed by atoms with Crippen molar-refractivity contribution in [3.63, 3.8) is 0 Å². The van der Waals surface area contributed by atoms with E-state index >= 15 is 0 Å². The Hall–Kier alpha value is -0.390. The van der Waals surface area contributed by atoms with Crippen LogP contribution in [0.3, 0.4) is 0 Å². The first kappa shape index (κ1) is 24.6. The van der Waals surface area contributed by atoms with Crippen molar-refractivity contribution >= 4 is 51.3 Å². The van der Waals surface area contributed by atoms with Crippen molar-refractivity contribution < 1.29 is 8.42 Å². The molecule has 0 fully saturated rings. The van der Waals surface area contributed by atoms with Crippen LogP contribution in [0.2, 0.25) is 0 Å². The van der Waals surface area contributed by atoms with Crippen LogP contribution in [0.5, 0.6) is 0 Å². The third-order valence-corrected chi connectivity index (χ3v) is 5.76. The molecule has 0 bridgehead atoms. The zero-order chi connectivity index (χ0) is 18.0. The molecule has 2 N–H and O–H groups in total. The van der Waals surface area contributed by atoms with E-state index in [4.69, 9.17) is 0 Å². The summed E-state index contributed by atoms with van der Waals surface area (Å²) in [5.41, 5.74) is 1.31. The van der Waals surface area contributed by atoms with E-state index in [0.29, 0.717) is 25.6 Å². The number of sulfonamides is 1. The summed E-state index contributed by atoms with van der Waals surface area (Å²) in [5.74, 6) is 1.16. The molecule has 0 aromatic carbocycles. The monoisotopic (exact) mass is 502 g/mol. The van der Waals surface area contributed by atoms with Crippen molar-refractivity contribution in [1.82, 2.24) is 14.9 Å². The van der Waals surface area contributed by atoms with E-state index in [-0.39, 0.29) is 24.0 Å². The average Bonchev–Trinajstić information content (AvgIpc) is 3.05. The normalized spacial score (nSPS) is 13.4. The summed E-state index contributed by atoms with van der Waals surface area (Å²) in [6, 6.07) is 2.13. The highest BCUT2D eigenvalue weighted by molar-refractivity contribution is 14.0. The number of rotatable bonds is 10. The van der Waals surface area contributed by atoms with Crippen LogP contribution in [0.25, 0.3) is 0 Å². The van der Waals surface area contributed by atoms with Crippen LogP contribution in [0.15, 0.2) is 21.8 Å². The van der Waals surface area contributed by atoms with Crippen molar-refractivity contribution in [2.24, 2.45) is 4.99 Å². The zero-order valence-corrected chi connectivity index (χ0v) is 19.5. The molecule has 146 valence electrons. The highest BCUT2D eigenvalue weighted by Gasteiger charge is 2.13. The lowest BCUT2D eigenvalue weighted by Gasteiger charge is -2.18. The molecule has 0 saturated carbocycles. The first-order valence-corrected chi connectivity index (χ1v) is 11.2. The third-order valence-electron chi connectivity index (χ3n) is 3.68. The van der Waals surface area contributed by atoms with E-state index in [2.05, 4.69) is 39.4 Å². The molecule has 9 heteroatoms. The first-order chi connectivity index (χ1) is 11.4. The minimum atomic E-state index is -3.11. The smallest absolute Gasteiger partial charge is 0.211 e. The fraction of sp³-hybridized carbons (Fsp3) is 0.688. The van der Waals surface area contributed by atoms with Gasteiger partial charge in [0.2, 0.25) is 10.0 Å². The fourth-order valence-corrected chi connectivity index (χ4v) is 3.96. The number of hydrogen-bond acceptors (Lipinski definition) is 4. The van der Waals surface area contributed by atoms with Gasteiger partial charge in [0.25, 0.3) is 0 Å². The fourth-order valence-electron chi connectivity index (χ4n) is 2.25. The molecule has 0 saturated heterocycles. The Morgan fingerprint density at radius 1 is 1.36 bits per heavy atom. The van der Waals surface area contributed by atoms with Gasteiger partial charge in [-0.2, -0.15) is 11.3 Å². The number of thiophene rings is 1. The van der Waals surface area contributed by atoms with Gasteiger partial charge < -0.3 is 10.6 Å². The maximum Gasteiger partial charge on any atom is 0.211 e. The molecule has 0 radical (unpaired) electrons. The molecule has 1 rings (SSSR count). The molecule has 0 aliphatic heterocycles. The molecule has 1 aromatic rings. The van der Waals surface area contributed by atoms with Crippen molar-refractivity contribution in [3.05, 3.63) is 22.4 Å². The Morgan fingerprint density at radius 2 is 2.08 bits per heavy atom. The highest BCUT2D eigenvalue weighted by Crippen LogP contribution is 2.18. The molecular formula is C16H31IN4O2S2. The summed E-state index contributed by atoms with van der Waals surface area (Å²) in [4.78, 5) is 4.62. The second-order valence-electron chi connectivity index (χ2n) is 5.71. The second-order valence-corrected chi connectivity index (χ2v) is 8.47. The number of nitrogens with one attached hydrogen (secondary N) is 2. The lowest BCUT2D eigenvalue weighted by Crippen LogP contribution is -2.39. The van der Waals surface area contributed by atoms with Gasteiger partial charge >= 0.3 is 0 Å². The SMILES string of the molecule is CCNC(=NCC(C)c1ccsc1)NCCCN(CC)S(C)(=O)=O.I. The predicted molar refractivity (Wildman–Crippen MR) is 119 cm³/mol. The molecule has 1 heterocycles. The molecule has 6 nitrogen and oxygen atoms in total. The Balaban J connectivity index is 0.00000576. The molecule has 0 amide bonds. The van der Waals surface area contributed by atoms with Crippen LogP contribution in [0.4, 0.5) is 0 Å². The molecular weight excluding hydrogens is 471 g/mol. The topological polar surface area (TPSA) is 73.8 Å². The quantitative estimate of drug-likeness (QED) is 0.223. The average molecular weight is 502 g/mol. The molecule has 1 aromatic heterocycles. The zero-order valence-electron chi connectivity index (χ0n) is 15.5. The predicted octanol–water partition coefficient (Wildman–Crippen LogP) is 2.70. The van der Waals surface area contributed by atoms with Crippen molar-refractivity contribution in [3.8, 4) is 0 Å². The van der Waals surface area contributed by atoms with Crippen LogP contribution in [-0.2, 0) is 10.0 Å². The molecule has 1 unspecified atom stereocenters. The summed E-state index contributed by atoms with van der Waals surface area (Å²) in [6.45, 7) is 9.27. The minimum absolute atomic E-state index is 0. The number of halogens is 1. The van der Waals surface area contributed by atoms with Gasteiger partial charge in [0.1, 0.15) is 0 Å². The van der Waals surface area contributed by atoms with Gasteiger partial charge in [-0.1, -0.05) is 13.8 Å². The molecule has 0 aliphatic carbocycles. The number of guanidine groups is 1. The summed E-state index contributed by atoms with van der Waals surface area (Å²) in [6.07, 6.45) is 1.99. The van der Waals surface area contributed by atoms with E-state index in [1.165, 1.54) is 16.1 Å². The van der Waals surface area contributed by atoms with Gasteiger partial charge in [-0.15, -0.1) is 24.0 Å². The number of nitrogens with zero attached hydrogens (tertiary/aromatic N) is 2. The van der Waals surface area contributed by atoms with Crippen LogP contribution in [0, 0.1) is 0 Å². The standard InChI is InChI=1S/C16H30N4O2S2.HI/c1-5-17-16(19-12-14(3)15-8-11-23-13-15)18-9-7-10-20(6-2)24(4,21)22;/h8,11,13-14H,5-7,9-10,12H2,1-4H3,(H2,17,18,19);1H. The van der Waals surface area contributed by atoms with Crippen molar-refractivity contribution in [2.75, 3.05) is 39.0 Å². The number of hydrogen-bond donors (Lipinski definition) is 2. The van der Waals surface area contributed by atoms with Crippen LogP contribution in [-0.4, -0.2) is 57.7 Å². The lowest BCUT2D eigenvalue weighted by atomic mass is 10.1. The van der Waals surface area contributed by atoms with Gasteiger partial charge in [0.15, 0.2) is 5.96 Å². The highest BCUT2D eigenvalue weighted by atomic mass is 127. The van der Waals surface area contributed by atoms with Gasteiger partial charge in [0.05, 0.1) is 6.26 Å². The Labute approximate surface area is 173 Å². The van der Waals surface area contributed by atoms with E-state index in [1.807, 2.05) is 13.8 Å². The van der Waals surface area contributed by atoms with Gasteiger partial charge in [0, 0.05) is 38.6 Å². The Bertz CT molecular complexity index is 591. The number of aliphatic imine (C=N–C) groups is 1. The van der Waals surface area contributed by atoms with Crippen LogP contribution in [0.1, 0.15) is 38.7 Å². The summed E-state index contributed by atoms with van der Waals surface area (Å²) < 4.78 is 24.6. The molecule has 0 aliphatic rings. The van der Waals surface area contributed by atoms with E-state index in [0.717, 1.165) is 25.5 Å². The molecule has 0 spiro atoms. The Kier molecular flexibility index (Phi) is 12.7. The van der Waals surface area contributed by atoms with E-state index in [9.17, 15) is 8.42 Å². The van der Waals surface area contributed by atoms with Crippen LogP contribution < -0.4 is 10.6 Å². The summed E-state index contributed by atoms with van der Waals surface area (Å²) in [7, 11) is -3.11. The minimum Gasteiger partial charge on any atom is -0.357 e. The Morgan fingerprint density at radius 3 is 2.60 bits per heavy atom. The van der Waals surface area contributed by atoms with Gasteiger partial charge in [-0.05, 0) is 35.7 Å². The lowest BCUT2D eigenvalue weighted by molar-refractivity contribution is 0.424. The molecule has 25 heavy (non-hydrogen) atoms. The van der Waals surface area contributed by atoms with E-state index < -0.39 is 10.0 Å². The van der Waals surface area contributed by atoms with Gasteiger partial charge in [-0.3, -0.25) is 4.99 Å². The maximum absolute atomic E-state index is 11.6.